The summed E-state index contributed by atoms with van der Waals surface area (Å²) in [6, 6.07) is -1.05. The quantitative estimate of drug-likeness (QED) is 0.819. The number of hydrogen-bond acceptors (Lipinski definition) is 3. The summed E-state index contributed by atoms with van der Waals surface area (Å²) in [7, 11) is -3.75. The highest BCUT2D eigenvalue weighted by Gasteiger charge is 2.46. The zero-order chi connectivity index (χ0) is 15.4. The van der Waals surface area contributed by atoms with Crippen LogP contribution in [0.25, 0.3) is 0 Å². The minimum absolute atomic E-state index is 0.0147. The maximum absolute atomic E-state index is 12.9. The fourth-order valence-electron chi connectivity index (χ4n) is 2.35. The Morgan fingerprint density at radius 1 is 1.25 bits per heavy atom. The number of sulfonamides is 1. The van der Waals surface area contributed by atoms with Crippen molar-refractivity contribution in [1.29, 1.82) is 0 Å². The molecule has 0 unspecified atom stereocenters. The van der Waals surface area contributed by atoms with Gasteiger partial charge in [-0.3, -0.25) is 0 Å². The maximum Gasteiger partial charge on any atom is 0.393 e. The average molecular weight is 317 g/mol. The van der Waals surface area contributed by atoms with Gasteiger partial charge >= 0.3 is 6.18 Å². The zero-order valence-corrected chi connectivity index (χ0v) is 12.6. The van der Waals surface area contributed by atoms with Crippen molar-refractivity contribution in [1.82, 2.24) is 4.72 Å². The second kappa shape index (κ2) is 7.09. The summed E-state index contributed by atoms with van der Waals surface area (Å²) < 4.78 is 69.5. The van der Waals surface area contributed by atoms with Crippen molar-refractivity contribution in [3.63, 3.8) is 0 Å². The lowest BCUT2D eigenvalue weighted by atomic mass is 9.85. The molecule has 0 aromatic heterocycles. The number of ether oxygens (including phenoxy) is 1. The van der Waals surface area contributed by atoms with Gasteiger partial charge in [0.2, 0.25) is 10.0 Å². The van der Waals surface area contributed by atoms with Gasteiger partial charge in [-0.15, -0.1) is 0 Å². The predicted octanol–water partition coefficient (Wildman–Crippen LogP) is 2.45. The maximum atomic E-state index is 12.9. The van der Waals surface area contributed by atoms with Gasteiger partial charge in [0.1, 0.15) is 0 Å². The average Bonchev–Trinajstić information content (AvgIpc) is 2.26. The molecule has 120 valence electrons. The van der Waals surface area contributed by atoms with E-state index in [1.807, 2.05) is 0 Å². The highest BCUT2D eigenvalue weighted by atomic mass is 32.2. The number of halogens is 3. The van der Waals surface area contributed by atoms with Crippen LogP contribution in [0.2, 0.25) is 0 Å². The molecule has 0 bridgehead atoms. The minimum atomic E-state index is -4.36. The van der Waals surface area contributed by atoms with Crippen LogP contribution in [0.4, 0.5) is 13.2 Å². The normalized spacial score (nSPS) is 25.1. The summed E-state index contributed by atoms with van der Waals surface area (Å²) in [4.78, 5) is 0. The van der Waals surface area contributed by atoms with Gasteiger partial charge in [-0.05, 0) is 26.7 Å². The number of alkyl halides is 3. The molecule has 0 aromatic carbocycles. The summed E-state index contributed by atoms with van der Waals surface area (Å²) >= 11 is 0. The molecule has 0 heterocycles. The highest BCUT2D eigenvalue weighted by molar-refractivity contribution is 7.89. The molecule has 8 heteroatoms. The fourth-order valence-corrected chi connectivity index (χ4v) is 3.52. The number of rotatable bonds is 6. The first kappa shape index (κ1) is 17.7. The summed E-state index contributed by atoms with van der Waals surface area (Å²) in [6.07, 6.45) is -3.15. The molecule has 1 N–H and O–H groups in total. The Hall–Kier alpha value is -0.340. The third-order valence-corrected chi connectivity index (χ3v) is 4.69. The Kier molecular flexibility index (Phi) is 6.27. The van der Waals surface area contributed by atoms with E-state index < -0.39 is 28.2 Å². The van der Waals surface area contributed by atoms with Crippen molar-refractivity contribution in [2.24, 2.45) is 5.92 Å². The molecule has 20 heavy (non-hydrogen) atoms. The van der Waals surface area contributed by atoms with Gasteiger partial charge in [0.15, 0.2) is 0 Å². The highest BCUT2D eigenvalue weighted by Crippen LogP contribution is 2.37. The van der Waals surface area contributed by atoms with Crippen LogP contribution in [0.1, 0.15) is 39.5 Å². The Bertz CT molecular complexity index is 395. The van der Waals surface area contributed by atoms with Gasteiger partial charge in [-0.25, -0.2) is 13.1 Å². The lowest BCUT2D eigenvalue weighted by molar-refractivity contribution is -0.187. The monoisotopic (exact) mass is 317 g/mol. The standard InChI is InChI=1S/C12H22F3NO3S/c1-9(2)19-7-8-20(17,18)16-11-6-4-3-5-10(11)12(13,14)15/h9-11,16H,3-8H2,1-2H3/t10-,11+/m0/s1. The van der Waals surface area contributed by atoms with Gasteiger partial charge in [0.25, 0.3) is 0 Å². The van der Waals surface area contributed by atoms with E-state index in [2.05, 4.69) is 4.72 Å². The van der Waals surface area contributed by atoms with E-state index in [0.29, 0.717) is 12.8 Å². The Morgan fingerprint density at radius 2 is 1.85 bits per heavy atom. The molecule has 0 aromatic rings. The van der Waals surface area contributed by atoms with Crippen LogP contribution in [-0.4, -0.2) is 39.1 Å². The SMILES string of the molecule is CC(C)OCCS(=O)(=O)N[C@@H]1CCCC[C@@H]1C(F)(F)F. The van der Waals surface area contributed by atoms with Crippen molar-refractivity contribution in [2.75, 3.05) is 12.4 Å². The molecule has 1 saturated carbocycles. The van der Waals surface area contributed by atoms with Crippen LogP contribution in [0.5, 0.6) is 0 Å². The van der Waals surface area contributed by atoms with Gasteiger partial charge in [0.05, 0.1) is 24.4 Å². The topological polar surface area (TPSA) is 55.4 Å². The van der Waals surface area contributed by atoms with E-state index in [0.717, 1.165) is 0 Å². The first-order valence-corrected chi connectivity index (χ1v) is 8.45. The molecule has 0 spiro atoms. The molecule has 1 rings (SSSR count). The largest absolute Gasteiger partial charge is 0.393 e. The molecule has 0 amide bonds. The predicted molar refractivity (Wildman–Crippen MR) is 69.8 cm³/mol. The van der Waals surface area contributed by atoms with Crippen LogP contribution >= 0.6 is 0 Å². The first-order valence-electron chi connectivity index (χ1n) is 6.80. The van der Waals surface area contributed by atoms with E-state index >= 15 is 0 Å². The van der Waals surface area contributed by atoms with Gasteiger partial charge < -0.3 is 4.74 Å². The Balaban J connectivity index is 2.59. The van der Waals surface area contributed by atoms with E-state index in [1.165, 1.54) is 0 Å². The molecule has 0 aliphatic heterocycles. The van der Waals surface area contributed by atoms with E-state index in [1.54, 1.807) is 13.8 Å². The molecule has 2 atom stereocenters. The summed E-state index contributed by atoms with van der Waals surface area (Å²) in [5.74, 6) is -1.90. The molecule has 0 radical (unpaired) electrons. The zero-order valence-electron chi connectivity index (χ0n) is 11.7. The van der Waals surface area contributed by atoms with Crippen molar-refractivity contribution in [3.8, 4) is 0 Å². The second-order valence-corrected chi connectivity index (χ2v) is 7.27. The number of hydrogen-bond donors (Lipinski definition) is 1. The minimum Gasteiger partial charge on any atom is -0.378 e. The van der Waals surface area contributed by atoms with Crippen LogP contribution in [0.15, 0.2) is 0 Å². The van der Waals surface area contributed by atoms with Crippen molar-refractivity contribution >= 4 is 10.0 Å². The molecular weight excluding hydrogens is 295 g/mol. The molecule has 4 nitrogen and oxygen atoms in total. The van der Waals surface area contributed by atoms with Crippen molar-refractivity contribution in [2.45, 2.75) is 57.9 Å². The smallest absolute Gasteiger partial charge is 0.378 e. The first-order chi connectivity index (χ1) is 9.12. The van der Waals surface area contributed by atoms with Crippen molar-refractivity contribution in [3.05, 3.63) is 0 Å². The molecular formula is C12H22F3NO3S. The van der Waals surface area contributed by atoms with Crippen LogP contribution in [0, 0.1) is 5.92 Å². The third kappa shape index (κ3) is 5.97. The molecule has 1 aliphatic rings. The summed E-state index contributed by atoms with van der Waals surface area (Å²) in [5.41, 5.74) is 0. The molecule has 0 saturated heterocycles. The third-order valence-electron chi connectivity index (χ3n) is 3.32. The van der Waals surface area contributed by atoms with Crippen LogP contribution in [-0.2, 0) is 14.8 Å². The Morgan fingerprint density at radius 3 is 2.40 bits per heavy atom. The molecule has 1 aliphatic carbocycles. The fraction of sp³-hybridized carbons (Fsp3) is 1.00. The summed E-state index contributed by atoms with van der Waals surface area (Å²) in [5, 5.41) is 0. The van der Waals surface area contributed by atoms with Crippen molar-refractivity contribution < 1.29 is 26.3 Å². The van der Waals surface area contributed by atoms with E-state index in [4.69, 9.17) is 4.74 Å². The van der Waals surface area contributed by atoms with Crippen LogP contribution in [0.3, 0.4) is 0 Å². The second-order valence-electron chi connectivity index (χ2n) is 5.40. The van der Waals surface area contributed by atoms with Gasteiger partial charge in [-0.2, -0.15) is 13.2 Å². The molecule has 1 fully saturated rings. The van der Waals surface area contributed by atoms with Gasteiger partial charge in [0, 0.05) is 6.04 Å². The van der Waals surface area contributed by atoms with Crippen LogP contribution < -0.4 is 4.72 Å². The van der Waals surface area contributed by atoms with Gasteiger partial charge in [-0.1, -0.05) is 12.8 Å². The van der Waals surface area contributed by atoms with E-state index in [-0.39, 0.29) is 31.3 Å². The Labute approximate surface area is 118 Å². The summed E-state index contributed by atoms with van der Waals surface area (Å²) in [6.45, 7) is 3.51. The number of nitrogens with one attached hydrogen (secondary N) is 1. The van der Waals surface area contributed by atoms with E-state index in [9.17, 15) is 21.6 Å². The lowest BCUT2D eigenvalue weighted by Gasteiger charge is -2.33. The lowest BCUT2D eigenvalue weighted by Crippen LogP contribution is -2.48.